The summed E-state index contributed by atoms with van der Waals surface area (Å²) in [5.74, 6) is 0.477. The van der Waals surface area contributed by atoms with Gasteiger partial charge in [0.05, 0.1) is 31.5 Å². The number of benzene rings is 1. The number of nitrogens with zero attached hydrogens (tertiary/aromatic N) is 4. The molecule has 1 N–H and O–H groups in total. The molecule has 1 aliphatic rings. The van der Waals surface area contributed by atoms with Gasteiger partial charge >= 0.3 is 0 Å². The minimum Gasteiger partial charge on any atom is -0.379 e. The average Bonchev–Trinajstić information content (AvgIpc) is 3.19. The molecule has 2 aromatic heterocycles. The first-order valence-electron chi connectivity index (χ1n) is 11.1. The molecule has 3 heterocycles. The highest BCUT2D eigenvalue weighted by atomic mass is 16.5. The van der Waals surface area contributed by atoms with Crippen molar-refractivity contribution >= 4 is 16.9 Å². The van der Waals surface area contributed by atoms with E-state index in [0.29, 0.717) is 30.6 Å². The minimum atomic E-state index is -0.0905. The van der Waals surface area contributed by atoms with Crippen LogP contribution < -0.4 is 5.32 Å². The third-order valence-electron chi connectivity index (χ3n) is 5.72. The van der Waals surface area contributed by atoms with Gasteiger partial charge in [0.15, 0.2) is 5.65 Å². The summed E-state index contributed by atoms with van der Waals surface area (Å²) in [4.78, 5) is 19.8. The summed E-state index contributed by atoms with van der Waals surface area (Å²) in [5, 5.41) is 8.46. The standard InChI is InChI=1S/C24H31N5O2/c1-18(2)12-22(28-8-10-31-11-9-28)16-26-24(30)21-13-20-15-27-29(23(20)25-14-21)17-19-6-4-3-5-7-19/h3-7,13-15,18,22H,8-12,16-17H2,1-2H3,(H,26,30). The van der Waals surface area contributed by atoms with Crippen LogP contribution in [0.15, 0.2) is 48.8 Å². The molecule has 0 radical (unpaired) electrons. The number of fused-ring (bicyclic) bond motifs is 1. The highest BCUT2D eigenvalue weighted by Gasteiger charge is 2.23. The second-order valence-electron chi connectivity index (χ2n) is 8.57. The van der Waals surface area contributed by atoms with Crippen LogP contribution in [0.25, 0.3) is 11.0 Å². The lowest BCUT2D eigenvalue weighted by Crippen LogP contribution is -2.49. The number of nitrogens with one attached hydrogen (secondary N) is 1. The van der Waals surface area contributed by atoms with Crippen LogP contribution in [0.4, 0.5) is 0 Å². The van der Waals surface area contributed by atoms with Gasteiger partial charge in [0.1, 0.15) is 0 Å². The molecule has 1 saturated heterocycles. The maximum Gasteiger partial charge on any atom is 0.252 e. The van der Waals surface area contributed by atoms with Gasteiger partial charge in [0, 0.05) is 37.3 Å². The Hall–Kier alpha value is -2.77. The third kappa shape index (κ3) is 5.48. The Morgan fingerprint density at radius 3 is 2.68 bits per heavy atom. The van der Waals surface area contributed by atoms with Crippen LogP contribution in [-0.2, 0) is 11.3 Å². The summed E-state index contributed by atoms with van der Waals surface area (Å²) >= 11 is 0. The summed E-state index contributed by atoms with van der Waals surface area (Å²) in [6, 6.07) is 12.4. The molecule has 0 saturated carbocycles. The molecule has 1 aromatic carbocycles. The van der Waals surface area contributed by atoms with Crippen LogP contribution in [0.2, 0.25) is 0 Å². The van der Waals surface area contributed by atoms with Gasteiger partial charge in [0.25, 0.3) is 5.91 Å². The number of morpholine rings is 1. The SMILES string of the molecule is CC(C)CC(CNC(=O)c1cnc2c(cnn2Cc2ccccc2)c1)N1CCOCC1. The van der Waals surface area contributed by atoms with Crippen molar-refractivity contribution in [2.45, 2.75) is 32.9 Å². The number of rotatable bonds is 8. The van der Waals surface area contributed by atoms with Crippen molar-refractivity contribution in [3.05, 3.63) is 59.9 Å². The molecule has 4 rings (SSSR count). The van der Waals surface area contributed by atoms with Crippen molar-refractivity contribution in [1.82, 2.24) is 25.0 Å². The molecular weight excluding hydrogens is 390 g/mol. The van der Waals surface area contributed by atoms with E-state index in [1.165, 1.54) is 0 Å². The average molecular weight is 422 g/mol. The van der Waals surface area contributed by atoms with Crippen LogP contribution in [0.3, 0.4) is 0 Å². The molecule has 164 valence electrons. The monoisotopic (exact) mass is 421 g/mol. The summed E-state index contributed by atoms with van der Waals surface area (Å²) < 4.78 is 7.35. The molecule has 3 aromatic rings. The van der Waals surface area contributed by atoms with E-state index in [1.807, 2.05) is 28.9 Å². The van der Waals surface area contributed by atoms with Crippen molar-refractivity contribution in [3.8, 4) is 0 Å². The zero-order valence-electron chi connectivity index (χ0n) is 18.3. The van der Waals surface area contributed by atoms with E-state index in [-0.39, 0.29) is 5.91 Å². The van der Waals surface area contributed by atoms with Crippen molar-refractivity contribution in [3.63, 3.8) is 0 Å². The van der Waals surface area contributed by atoms with Gasteiger partial charge < -0.3 is 10.1 Å². The first-order valence-corrected chi connectivity index (χ1v) is 11.1. The lowest BCUT2D eigenvalue weighted by molar-refractivity contribution is 0.0124. The predicted molar refractivity (Wildman–Crippen MR) is 121 cm³/mol. The molecule has 1 aliphatic heterocycles. The molecule has 0 bridgehead atoms. The normalized spacial score (nSPS) is 16.0. The Morgan fingerprint density at radius 2 is 1.94 bits per heavy atom. The van der Waals surface area contributed by atoms with E-state index in [2.05, 4.69) is 46.3 Å². The van der Waals surface area contributed by atoms with Gasteiger partial charge in [-0.2, -0.15) is 5.10 Å². The van der Waals surface area contributed by atoms with Gasteiger partial charge in [-0.05, 0) is 24.0 Å². The van der Waals surface area contributed by atoms with Gasteiger partial charge in [0.2, 0.25) is 0 Å². The van der Waals surface area contributed by atoms with Gasteiger partial charge in [-0.25, -0.2) is 9.67 Å². The van der Waals surface area contributed by atoms with E-state index < -0.39 is 0 Å². The second-order valence-corrected chi connectivity index (χ2v) is 8.57. The Bertz CT molecular complexity index is 996. The molecule has 7 nitrogen and oxygen atoms in total. The quantitative estimate of drug-likeness (QED) is 0.605. The lowest BCUT2D eigenvalue weighted by Gasteiger charge is -2.35. The predicted octanol–water partition coefficient (Wildman–Crippen LogP) is 2.96. The number of ether oxygens (including phenoxy) is 1. The summed E-state index contributed by atoms with van der Waals surface area (Å²) in [7, 11) is 0. The highest BCUT2D eigenvalue weighted by Crippen LogP contribution is 2.16. The number of pyridine rings is 1. The van der Waals surface area contributed by atoms with Gasteiger partial charge in [-0.1, -0.05) is 44.2 Å². The molecule has 0 aliphatic carbocycles. The van der Waals surface area contributed by atoms with E-state index in [4.69, 9.17) is 4.74 Å². The number of carbonyl (C=O) groups is 1. The lowest BCUT2D eigenvalue weighted by atomic mass is 10.0. The number of hydrogen-bond acceptors (Lipinski definition) is 5. The van der Waals surface area contributed by atoms with E-state index >= 15 is 0 Å². The Labute approximate surface area is 183 Å². The first-order chi connectivity index (χ1) is 15.1. The molecular formula is C24H31N5O2. The fraction of sp³-hybridized carbons (Fsp3) is 0.458. The van der Waals surface area contributed by atoms with E-state index in [0.717, 1.165) is 49.3 Å². The van der Waals surface area contributed by atoms with Crippen LogP contribution in [0, 0.1) is 5.92 Å². The smallest absolute Gasteiger partial charge is 0.252 e. The van der Waals surface area contributed by atoms with Crippen LogP contribution in [-0.4, -0.2) is 64.5 Å². The number of hydrogen-bond donors (Lipinski definition) is 1. The first kappa shape index (κ1) is 21.5. The van der Waals surface area contributed by atoms with Gasteiger partial charge in [-0.15, -0.1) is 0 Å². The highest BCUT2D eigenvalue weighted by molar-refractivity contribution is 5.96. The second kappa shape index (κ2) is 10.0. The summed E-state index contributed by atoms with van der Waals surface area (Å²) in [6.07, 6.45) is 4.47. The molecule has 7 heteroatoms. The van der Waals surface area contributed by atoms with Crippen molar-refractivity contribution < 1.29 is 9.53 Å². The van der Waals surface area contributed by atoms with Crippen molar-refractivity contribution in [1.29, 1.82) is 0 Å². The van der Waals surface area contributed by atoms with Crippen LogP contribution in [0.1, 0.15) is 36.2 Å². The van der Waals surface area contributed by atoms with E-state index in [1.54, 1.807) is 12.4 Å². The molecule has 31 heavy (non-hydrogen) atoms. The molecule has 0 spiro atoms. The number of carbonyl (C=O) groups excluding carboxylic acids is 1. The summed E-state index contributed by atoms with van der Waals surface area (Å²) in [6.45, 7) is 9.08. The topological polar surface area (TPSA) is 72.3 Å². The Balaban J connectivity index is 1.42. The van der Waals surface area contributed by atoms with Crippen LogP contribution in [0.5, 0.6) is 0 Å². The van der Waals surface area contributed by atoms with Crippen molar-refractivity contribution in [2.75, 3.05) is 32.8 Å². The molecule has 1 fully saturated rings. The van der Waals surface area contributed by atoms with Crippen LogP contribution >= 0.6 is 0 Å². The van der Waals surface area contributed by atoms with Crippen molar-refractivity contribution in [2.24, 2.45) is 5.92 Å². The third-order valence-corrected chi connectivity index (χ3v) is 5.72. The Kier molecular flexibility index (Phi) is 6.94. The molecule has 1 atom stereocenters. The van der Waals surface area contributed by atoms with E-state index in [9.17, 15) is 4.79 Å². The molecule has 1 unspecified atom stereocenters. The fourth-order valence-electron chi connectivity index (χ4n) is 4.13. The fourth-order valence-corrected chi connectivity index (χ4v) is 4.13. The minimum absolute atomic E-state index is 0.0905. The zero-order valence-corrected chi connectivity index (χ0v) is 18.3. The zero-order chi connectivity index (χ0) is 21.6. The molecule has 1 amide bonds. The largest absolute Gasteiger partial charge is 0.379 e. The number of aromatic nitrogens is 3. The summed E-state index contributed by atoms with van der Waals surface area (Å²) in [5.41, 5.74) is 2.51. The Morgan fingerprint density at radius 1 is 1.16 bits per heavy atom. The van der Waals surface area contributed by atoms with Gasteiger partial charge in [-0.3, -0.25) is 9.69 Å². The maximum atomic E-state index is 12.8. The maximum absolute atomic E-state index is 12.8. The number of amides is 1.